The van der Waals surface area contributed by atoms with Gasteiger partial charge < -0.3 is 0 Å². The molecule has 0 bridgehead atoms. The van der Waals surface area contributed by atoms with Crippen LogP contribution in [0.25, 0.3) is 0 Å². The number of rotatable bonds is 16. The Labute approximate surface area is 132 Å². The van der Waals surface area contributed by atoms with Crippen LogP contribution in [0, 0.1) is 0 Å². The van der Waals surface area contributed by atoms with Gasteiger partial charge in [0.25, 0.3) is 0 Å². The fourth-order valence-corrected chi connectivity index (χ4v) is 3.22. The first-order valence-electron chi connectivity index (χ1n) is 8.60. The van der Waals surface area contributed by atoms with E-state index in [1.54, 1.807) is 0 Å². The van der Waals surface area contributed by atoms with Gasteiger partial charge in [-0.15, -0.1) is 0 Å². The van der Waals surface area contributed by atoms with Crippen molar-refractivity contribution < 1.29 is 28.6 Å². The third-order valence-electron chi connectivity index (χ3n) is 3.44. The molecule has 4 heteroatoms. The molecule has 120 valence electrons. The summed E-state index contributed by atoms with van der Waals surface area (Å²) in [6.45, 7) is 5.67. The van der Waals surface area contributed by atoms with E-state index in [0.29, 0.717) is 13.2 Å². The van der Waals surface area contributed by atoms with Crippen LogP contribution in [0.3, 0.4) is 0 Å². The molecule has 0 aromatic carbocycles. The van der Waals surface area contributed by atoms with Gasteiger partial charge in [-0.1, -0.05) is 0 Å². The molecule has 0 aromatic heterocycles. The predicted octanol–water partition coefficient (Wildman–Crippen LogP) is 5.53. The standard InChI is InChI=1S/2C8H17O.O.Ti/c2*1-2-3-4-5-6-7-8-9;;/h2*2-8H2,1H3;;/q2*-1;;+2. The zero-order valence-corrected chi connectivity index (χ0v) is 15.2. The van der Waals surface area contributed by atoms with E-state index >= 15 is 0 Å². The van der Waals surface area contributed by atoms with E-state index in [9.17, 15) is 3.32 Å². The van der Waals surface area contributed by atoms with Crippen LogP contribution in [0.4, 0.5) is 0 Å². The summed E-state index contributed by atoms with van der Waals surface area (Å²) >= 11 is -2.84. The van der Waals surface area contributed by atoms with E-state index in [2.05, 4.69) is 13.8 Å². The first kappa shape index (κ1) is 20.4. The predicted molar refractivity (Wildman–Crippen MR) is 79.3 cm³/mol. The normalized spacial score (nSPS) is 10.9. The third-order valence-corrected chi connectivity index (χ3v) is 4.81. The van der Waals surface area contributed by atoms with Crippen LogP contribution >= 0.6 is 0 Å². The molecular formula is C16H34O3Ti. The van der Waals surface area contributed by atoms with E-state index in [-0.39, 0.29) is 0 Å². The van der Waals surface area contributed by atoms with Gasteiger partial charge in [-0.25, -0.2) is 0 Å². The Morgan fingerprint density at radius 1 is 0.600 bits per heavy atom. The van der Waals surface area contributed by atoms with Crippen LogP contribution in [-0.4, -0.2) is 13.2 Å². The van der Waals surface area contributed by atoms with Gasteiger partial charge >= 0.3 is 133 Å². The Balaban J connectivity index is 3.13. The molecule has 0 saturated heterocycles. The van der Waals surface area contributed by atoms with Gasteiger partial charge in [-0.3, -0.25) is 0 Å². The SMILES string of the molecule is CCCCCCCC[O][Ti](=[O])[O]CCCCCCCC. The molecule has 0 fully saturated rings. The Morgan fingerprint density at radius 2 is 0.950 bits per heavy atom. The van der Waals surface area contributed by atoms with Crippen molar-refractivity contribution in [3.63, 3.8) is 0 Å². The van der Waals surface area contributed by atoms with Gasteiger partial charge in [-0.05, 0) is 0 Å². The van der Waals surface area contributed by atoms with E-state index < -0.39 is 18.6 Å². The molecule has 0 spiro atoms. The fourth-order valence-electron chi connectivity index (χ4n) is 2.12. The molecule has 0 heterocycles. The van der Waals surface area contributed by atoms with Crippen LogP contribution in [0.2, 0.25) is 0 Å². The van der Waals surface area contributed by atoms with Crippen LogP contribution < -0.4 is 0 Å². The molecule has 0 saturated carbocycles. The van der Waals surface area contributed by atoms with Gasteiger partial charge in [0.1, 0.15) is 0 Å². The Bertz CT molecular complexity index is 190. The average Bonchev–Trinajstić information content (AvgIpc) is 2.45. The van der Waals surface area contributed by atoms with Crippen molar-refractivity contribution in [2.75, 3.05) is 13.2 Å². The maximum absolute atomic E-state index is 11.5. The Kier molecular flexibility index (Phi) is 17.9. The molecule has 3 nitrogen and oxygen atoms in total. The van der Waals surface area contributed by atoms with E-state index in [4.69, 9.17) is 6.64 Å². The zero-order valence-electron chi connectivity index (χ0n) is 13.6. The van der Waals surface area contributed by atoms with Gasteiger partial charge in [-0.2, -0.15) is 0 Å². The summed E-state index contributed by atoms with van der Waals surface area (Å²) in [6.07, 6.45) is 14.8. The first-order valence-corrected chi connectivity index (χ1v) is 10.5. The summed E-state index contributed by atoms with van der Waals surface area (Å²) in [5, 5.41) is 0. The Morgan fingerprint density at radius 3 is 1.35 bits per heavy atom. The topological polar surface area (TPSA) is 35.5 Å². The number of hydrogen-bond acceptors (Lipinski definition) is 3. The molecule has 0 unspecified atom stereocenters. The molecule has 0 atom stereocenters. The third kappa shape index (κ3) is 16.5. The van der Waals surface area contributed by atoms with Crippen molar-refractivity contribution in [2.24, 2.45) is 0 Å². The van der Waals surface area contributed by atoms with Gasteiger partial charge in [0.05, 0.1) is 0 Å². The van der Waals surface area contributed by atoms with Crippen molar-refractivity contribution in [1.29, 1.82) is 0 Å². The second kappa shape index (κ2) is 17.5. The summed E-state index contributed by atoms with van der Waals surface area (Å²) in [6, 6.07) is 0. The first-order chi connectivity index (χ1) is 9.81. The Hall–Kier alpha value is 0.434. The van der Waals surface area contributed by atoms with Crippen molar-refractivity contribution in [3.8, 4) is 0 Å². The van der Waals surface area contributed by atoms with E-state index in [1.807, 2.05) is 0 Å². The van der Waals surface area contributed by atoms with Crippen molar-refractivity contribution in [1.82, 2.24) is 0 Å². The molecule has 0 aliphatic heterocycles. The van der Waals surface area contributed by atoms with Crippen LogP contribution in [0.5, 0.6) is 0 Å². The summed E-state index contributed by atoms with van der Waals surface area (Å²) in [7, 11) is 0. The van der Waals surface area contributed by atoms with Crippen molar-refractivity contribution in [2.45, 2.75) is 90.9 Å². The van der Waals surface area contributed by atoms with Crippen LogP contribution in [-0.2, 0) is 28.6 Å². The molecule has 0 aromatic rings. The minimum atomic E-state index is -2.84. The van der Waals surface area contributed by atoms with E-state index in [0.717, 1.165) is 12.8 Å². The number of hydrogen-bond donors (Lipinski definition) is 0. The quantitative estimate of drug-likeness (QED) is 0.277. The van der Waals surface area contributed by atoms with Gasteiger partial charge in [0, 0.05) is 0 Å². The van der Waals surface area contributed by atoms with Crippen molar-refractivity contribution >= 4 is 0 Å². The second-order valence-electron chi connectivity index (χ2n) is 5.48. The monoisotopic (exact) mass is 322 g/mol. The fraction of sp³-hybridized carbons (Fsp3) is 1.00. The summed E-state index contributed by atoms with van der Waals surface area (Å²) < 4.78 is 22.1. The second-order valence-corrected chi connectivity index (χ2v) is 7.16. The van der Waals surface area contributed by atoms with Crippen LogP contribution in [0.15, 0.2) is 0 Å². The minimum absolute atomic E-state index is 0.613. The van der Waals surface area contributed by atoms with Crippen molar-refractivity contribution in [3.05, 3.63) is 0 Å². The molecule has 0 rings (SSSR count). The zero-order chi connectivity index (χ0) is 14.9. The summed E-state index contributed by atoms with van der Waals surface area (Å²) in [5.74, 6) is 0. The molecule has 0 amide bonds. The molecule has 20 heavy (non-hydrogen) atoms. The van der Waals surface area contributed by atoms with Gasteiger partial charge in [0.15, 0.2) is 0 Å². The molecular weight excluding hydrogens is 288 g/mol. The van der Waals surface area contributed by atoms with Gasteiger partial charge in [0.2, 0.25) is 0 Å². The van der Waals surface area contributed by atoms with E-state index in [1.165, 1.54) is 64.2 Å². The molecule has 0 radical (unpaired) electrons. The molecule has 0 aliphatic carbocycles. The maximum atomic E-state index is 11.5. The summed E-state index contributed by atoms with van der Waals surface area (Å²) in [4.78, 5) is 0. The summed E-state index contributed by atoms with van der Waals surface area (Å²) in [5.41, 5.74) is 0. The number of unbranched alkanes of at least 4 members (excludes halogenated alkanes) is 10. The molecule has 0 aliphatic rings. The van der Waals surface area contributed by atoms with Crippen LogP contribution in [0.1, 0.15) is 90.9 Å². The molecule has 0 N–H and O–H groups in total. The average molecular weight is 322 g/mol.